The number of fused-ring (bicyclic) bond motifs is 1. The van der Waals surface area contributed by atoms with Gasteiger partial charge in [0.1, 0.15) is 5.75 Å². The van der Waals surface area contributed by atoms with E-state index < -0.39 is 17.5 Å². The molecule has 3 rings (SSSR count). The minimum atomic E-state index is -1.04. The Balaban J connectivity index is 1.99. The largest absolute Gasteiger partial charge is 0.462 e. The first kappa shape index (κ1) is 22.4. The van der Waals surface area contributed by atoms with Crippen molar-refractivity contribution >= 4 is 22.8 Å². The third-order valence-corrected chi connectivity index (χ3v) is 4.88. The van der Waals surface area contributed by atoms with Gasteiger partial charge in [0.05, 0.1) is 23.4 Å². The van der Waals surface area contributed by atoms with Crippen LogP contribution in [0, 0.1) is 6.92 Å². The van der Waals surface area contributed by atoms with E-state index in [1.54, 1.807) is 51.1 Å². The molecular formula is C25H27NO5. The van der Waals surface area contributed by atoms with Crippen molar-refractivity contribution in [2.45, 2.75) is 40.2 Å². The van der Waals surface area contributed by atoms with Crippen molar-refractivity contribution in [3.8, 4) is 17.0 Å². The van der Waals surface area contributed by atoms with Crippen LogP contribution in [0.4, 0.5) is 0 Å². The van der Waals surface area contributed by atoms with E-state index in [1.807, 2.05) is 32.0 Å². The Bertz CT molecular complexity index is 1100. The summed E-state index contributed by atoms with van der Waals surface area (Å²) < 4.78 is 16.1. The monoisotopic (exact) mass is 421 g/mol. The average molecular weight is 421 g/mol. The average Bonchev–Trinajstić information content (AvgIpc) is 2.74. The molecule has 0 bridgehead atoms. The zero-order valence-corrected chi connectivity index (χ0v) is 18.5. The van der Waals surface area contributed by atoms with Crippen LogP contribution in [0.5, 0.6) is 5.75 Å². The van der Waals surface area contributed by atoms with E-state index in [-0.39, 0.29) is 6.61 Å². The Kier molecular flexibility index (Phi) is 6.71. The van der Waals surface area contributed by atoms with Crippen LogP contribution in [0.2, 0.25) is 0 Å². The molecule has 31 heavy (non-hydrogen) atoms. The summed E-state index contributed by atoms with van der Waals surface area (Å²) in [6, 6.07) is 14.5. The number of pyridine rings is 1. The molecule has 162 valence electrons. The number of aromatic nitrogens is 1. The van der Waals surface area contributed by atoms with Gasteiger partial charge in [-0.05, 0) is 70.5 Å². The molecule has 0 amide bonds. The standard InChI is InChI=1S/C25H27NO5/c1-6-29-23(27)20-15-18-10-8-9-16(3)21(18)26-22(20)17-11-13-19(14-12-17)31-24(28)25(4,5)30-7-2/h8-15H,6-7H2,1-5H3. The van der Waals surface area contributed by atoms with E-state index in [4.69, 9.17) is 19.2 Å². The fourth-order valence-corrected chi connectivity index (χ4v) is 3.26. The minimum absolute atomic E-state index is 0.272. The molecule has 0 aliphatic rings. The van der Waals surface area contributed by atoms with E-state index in [0.29, 0.717) is 23.6 Å². The number of carbonyl (C=O) groups is 2. The lowest BCUT2D eigenvalue weighted by molar-refractivity contribution is -0.157. The predicted molar refractivity (Wildman–Crippen MR) is 119 cm³/mol. The quantitative estimate of drug-likeness (QED) is 0.390. The van der Waals surface area contributed by atoms with Crippen molar-refractivity contribution in [1.29, 1.82) is 0 Å². The van der Waals surface area contributed by atoms with Gasteiger partial charge in [-0.1, -0.05) is 18.2 Å². The Morgan fingerprint density at radius 1 is 1.00 bits per heavy atom. The highest BCUT2D eigenvalue weighted by molar-refractivity contribution is 6.01. The second-order valence-electron chi connectivity index (χ2n) is 7.61. The fourth-order valence-electron chi connectivity index (χ4n) is 3.26. The molecule has 6 nitrogen and oxygen atoms in total. The Morgan fingerprint density at radius 2 is 1.71 bits per heavy atom. The number of rotatable bonds is 7. The third kappa shape index (κ3) is 4.91. The highest BCUT2D eigenvalue weighted by Crippen LogP contribution is 2.29. The second kappa shape index (κ2) is 9.27. The van der Waals surface area contributed by atoms with Gasteiger partial charge >= 0.3 is 11.9 Å². The molecule has 1 heterocycles. The van der Waals surface area contributed by atoms with Crippen molar-refractivity contribution in [2.75, 3.05) is 13.2 Å². The molecule has 0 unspecified atom stereocenters. The molecular weight excluding hydrogens is 394 g/mol. The Morgan fingerprint density at radius 3 is 2.35 bits per heavy atom. The van der Waals surface area contributed by atoms with Gasteiger partial charge in [-0.25, -0.2) is 14.6 Å². The normalized spacial score (nSPS) is 11.4. The first-order valence-electron chi connectivity index (χ1n) is 10.3. The molecule has 0 saturated carbocycles. The SMILES string of the molecule is CCOC(=O)c1cc2cccc(C)c2nc1-c1ccc(OC(=O)C(C)(C)OCC)cc1. The molecule has 6 heteroatoms. The lowest BCUT2D eigenvalue weighted by Gasteiger charge is -2.22. The van der Waals surface area contributed by atoms with Crippen molar-refractivity contribution in [2.24, 2.45) is 0 Å². The van der Waals surface area contributed by atoms with E-state index in [9.17, 15) is 9.59 Å². The summed E-state index contributed by atoms with van der Waals surface area (Å²) in [4.78, 5) is 29.7. The maximum absolute atomic E-state index is 12.6. The molecule has 0 radical (unpaired) electrons. The summed E-state index contributed by atoms with van der Waals surface area (Å²) in [6.45, 7) is 9.58. The van der Waals surface area contributed by atoms with Gasteiger partial charge in [-0.2, -0.15) is 0 Å². The number of carbonyl (C=O) groups excluding carboxylic acids is 2. The van der Waals surface area contributed by atoms with Gasteiger partial charge in [-0.3, -0.25) is 0 Å². The highest BCUT2D eigenvalue weighted by Gasteiger charge is 2.30. The van der Waals surface area contributed by atoms with E-state index >= 15 is 0 Å². The number of hydrogen-bond acceptors (Lipinski definition) is 6. The summed E-state index contributed by atoms with van der Waals surface area (Å²) in [5, 5.41) is 0.871. The number of aryl methyl sites for hydroxylation is 1. The van der Waals surface area contributed by atoms with E-state index in [1.165, 1.54) is 0 Å². The molecule has 0 fully saturated rings. The van der Waals surface area contributed by atoms with Gasteiger partial charge in [0.2, 0.25) is 0 Å². The van der Waals surface area contributed by atoms with Crippen LogP contribution in [0.1, 0.15) is 43.6 Å². The van der Waals surface area contributed by atoms with Gasteiger partial charge in [-0.15, -0.1) is 0 Å². The van der Waals surface area contributed by atoms with E-state index in [0.717, 1.165) is 22.0 Å². The van der Waals surface area contributed by atoms with Crippen molar-refractivity contribution in [1.82, 2.24) is 4.98 Å². The van der Waals surface area contributed by atoms with Crippen molar-refractivity contribution in [3.05, 3.63) is 59.7 Å². The van der Waals surface area contributed by atoms with Crippen LogP contribution in [-0.2, 0) is 14.3 Å². The number of hydrogen-bond donors (Lipinski definition) is 0. The maximum atomic E-state index is 12.6. The van der Waals surface area contributed by atoms with Crippen LogP contribution in [0.3, 0.4) is 0 Å². The highest BCUT2D eigenvalue weighted by atomic mass is 16.6. The number of para-hydroxylation sites is 1. The summed E-state index contributed by atoms with van der Waals surface area (Å²) in [7, 11) is 0. The lowest BCUT2D eigenvalue weighted by atomic mass is 10.0. The maximum Gasteiger partial charge on any atom is 0.343 e. The van der Waals surface area contributed by atoms with Gasteiger partial charge in [0.25, 0.3) is 0 Å². The molecule has 0 spiro atoms. The predicted octanol–water partition coefficient (Wildman–Crippen LogP) is 5.11. The van der Waals surface area contributed by atoms with Crippen LogP contribution >= 0.6 is 0 Å². The molecule has 0 aliphatic carbocycles. The molecule has 0 saturated heterocycles. The van der Waals surface area contributed by atoms with Crippen LogP contribution < -0.4 is 4.74 Å². The summed E-state index contributed by atoms with van der Waals surface area (Å²) >= 11 is 0. The summed E-state index contributed by atoms with van der Waals surface area (Å²) in [5.41, 5.74) is 2.42. The zero-order chi connectivity index (χ0) is 22.6. The summed E-state index contributed by atoms with van der Waals surface area (Å²) in [6.07, 6.45) is 0. The number of esters is 2. The third-order valence-electron chi connectivity index (χ3n) is 4.88. The lowest BCUT2D eigenvalue weighted by Crippen LogP contribution is -2.38. The van der Waals surface area contributed by atoms with Crippen LogP contribution in [0.25, 0.3) is 22.2 Å². The number of ether oxygens (including phenoxy) is 3. The van der Waals surface area contributed by atoms with Crippen LogP contribution in [-0.4, -0.2) is 35.7 Å². The molecule has 3 aromatic rings. The zero-order valence-electron chi connectivity index (χ0n) is 18.5. The molecule has 2 aromatic carbocycles. The van der Waals surface area contributed by atoms with Crippen molar-refractivity contribution < 1.29 is 23.8 Å². The minimum Gasteiger partial charge on any atom is -0.462 e. The molecule has 0 atom stereocenters. The Hall–Kier alpha value is -3.25. The first-order chi connectivity index (χ1) is 14.8. The van der Waals surface area contributed by atoms with Gasteiger partial charge < -0.3 is 14.2 Å². The Labute approximate surface area is 182 Å². The number of nitrogens with zero attached hydrogens (tertiary/aromatic N) is 1. The van der Waals surface area contributed by atoms with E-state index in [2.05, 4.69) is 0 Å². The molecule has 0 aliphatic heterocycles. The molecule has 1 aromatic heterocycles. The fraction of sp³-hybridized carbons (Fsp3) is 0.320. The van der Waals surface area contributed by atoms with Crippen molar-refractivity contribution in [3.63, 3.8) is 0 Å². The van der Waals surface area contributed by atoms with Gasteiger partial charge in [0.15, 0.2) is 5.60 Å². The van der Waals surface area contributed by atoms with Gasteiger partial charge in [0, 0.05) is 17.6 Å². The topological polar surface area (TPSA) is 74.7 Å². The van der Waals surface area contributed by atoms with Crippen LogP contribution in [0.15, 0.2) is 48.5 Å². The summed E-state index contributed by atoms with van der Waals surface area (Å²) in [5.74, 6) is -0.521. The first-order valence-corrected chi connectivity index (χ1v) is 10.3. The molecule has 0 N–H and O–H groups in total. The number of benzene rings is 2. The smallest absolute Gasteiger partial charge is 0.343 e. The second-order valence-corrected chi connectivity index (χ2v) is 7.61.